The Kier molecular flexibility index (Phi) is 6.23. The lowest BCUT2D eigenvalue weighted by molar-refractivity contribution is 0.0697. The van der Waals surface area contributed by atoms with Gasteiger partial charge in [-0.1, -0.05) is 62.2 Å². The predicted molar refractivity (Wildman–Crippen MR) is 109 cm³/mol. The number of benzene rings is 2. The van der Waals surface area contributed by atoms with Gasteiger partial charge in [0.25, 0.3) is 0 Å². The molecule has 0 aliphatic heterocycles. The standard InChI is InChI=1S/C23H23N3O2/c1-3-5-11-22-24-21(8-4-2)25-26(22)16-17-12-14-18(15-13-17)19-9-6-7-10-20(19)23(27)28/h6-7,9-10,12-15H,3-4,8,16H2,1-2H3,(H,27,28). The van der Waals surface area contributed by atoms with Crippen molar-refractivity contribution in [1.82, 2.24) is 14.8 Å². The molecule has 2 aromatic carbocycles. The van der Waals surface area contributed by atoms with Gasteiger partial charge in [0.1, 0.15) is 0 Å². The minimum absolute atomic E-state index is 0.299. The molecular weight excluding hydrogens is 350 g/mol. The molecule has 0 bridgehead atoms. The highest BCUT2D eigenvalue weighted by Crippen LogP contribution is 2.24. The first-order chi connectivity index (χ1) is 13.6. The molecule has 142 valence electrons. The van der Waals surface area contributed by atoms with E-state index in [2.05, 4.69) is 28.8 Å². The first-order valence-corrected chi connectivity index (χ1v) is 9.46. The first-order valence-electron chi connectivity index (χ1n) is 9.46. The minimum Gasteiger partial charge on any atom is -0.478 e. The molecule has 3 rings (SSSR count). The zero-order valence-corrected chi connectivity index (χ0v) is 16.1. The van der Waals surface area contributed by atoms with E-state index in [1.807, 2.05) is 48.0 Å². The number of carboxylic acids is 1. The van der Waals surface area contributed by atoms with Gasteiger partial charge in [-0.3, -0.25) is 0 Å². The predicted octanol–water partition coefficient (Wildman–Crippen LogP) is 4.41. The van der Waals surface area contributed by atoms with Crippen LogP contribution in [-0.2, 0) is 13.0 Å². The molecule has 0 radical (unpaired) electrons. The van der Waals surface area contributed by atoms with Crippen LogP contribution in [0.1, 0.15) is 54.3 Å². The van der Waals surface area contributed by atoms with Gasteiger partial charge in [-0.25, -0.2) is 14.5 Å². The van der Waals surface area contributed by atoms with E-state index < -0.39 is 5.97 Å². The summed E-state index contributed by atoms with van der Waals surface area (Å²) in [5.74, 6) is 6.73. The van der Waals surface area contributed by atoms with Crippen LogP contribution < -0.4 is 0 Å². The second-order valence-corrected chi connectivity index (χ2v) is 6.46. The molecule has 0 aliphatic carbocycles. The quantitative estimate of drug-likeness (QED) is 0.650. The molecule has 3 aromatic rings. The molecule has 5 nitrogen and oxygen atoms in total. The van der Waals surface area contributed by atoms with Crippen LogP contribution in [0.25, 0.3) is 11.1 Å². The number of aryl methyl sites for hydroxylation is 1. The summed E-state index contributed by atoms with van der Waals surface area (Å²) in [6.45, 7) is 4.69. The van der Waals surface area contributed by atoms with Crippen LogP contribution in [0.5, 0.6) is 0 Å². The van der Waals surface area contributed by atoms with Crippen molar-refractivity contribution in [3.05, 3.63) is 71.3 Å². The second kappa shape index (κ2) is 9.01. The third-order valence-electron chi connectivity index (χ3n) is 4.32. The monoisotopic (exact) mass is 373 g/mol. The second-order valence-electron chi connectivity index (χ2n) is 6.46. The highest BCUT2D eigenvalue weighted by Gasteiger charge is 2.12. The molecular formula is C23H23N3O2. The lowest BCUT2D eigenvalue weighted by Crippen LogP contribution is -2.05. The van der Waals surface area contributed by atoms with Gasteiger partial charge in [0, 0.05) is 12.8 Å². The molecule has 0 fully saturated rings. The lowest BCUT2D eigenvalue weighted by Gasteiger charge is -2.08. The first kappa shape index (κ1) is 19.4. The summed E-state index contributed by atoms with van der Waals surface area (Å²) in [6.07, 6.45) is 2.59. The van der Waals surface area contributed by atoms with E-state index >= 15 is 0 Å². The molecule has 1 aromatic heterocycles. The SMILES string of the molecule is CCC#Cc1nc(CCC)nn1Cc1ccc(-c2ccccc2C(=O)O)cc1. The van der Waals surface area contributed by atoms with Crippen LogP contribution in [0.4, 0.5) is 0 Å². The summed E-state index contributed by atoms with van der Waals surface area (Å²) in [5.41, 5.74) is 2.94. The van der Waals surface area contributed by atoms with Crippen molar-refractivity contribution in [2.45, 2.75) is 39.7 Å². The van der Waals surface area contributed by atoms with E-state index in [0.717, 1.165) is 36.2 Å². The van der Waals surface area contributed by atoms with Crippen LogP contribution in [0.15, 0.2) is 48.5 Å². The molecule has 5 heteroatoms. The fourth-order valence-electron chi connectivity index (χ4n) is 2.97. The molecule has 28 heavy (non-hydrogen) atoms. The molecule has 0 unspecified atom stereocenters. The number of carboxylic acid groups (broad SMARTS) is 1. The molecule has 0 amide bonds. The Morgan fingerprint density at radius 1 is 1.11 bits per heavy atom. The maximum absolute atomic E-state index is 11.5. The van der Waals surface area contributed by atoms with Gasteiger partial charge in [0.15, 0.2) is 5.82 Å². The Bertz CT molecular complexity index is 1020. The van der Waals surface area contributed by atoms with E-state index in [1.54, 1.807) is 12.1 Å². The average Bonchev–Trinajstić information content (AvgIpc) is 3.08. The Labute approximate surface area is 165 Å². The van der Waals surface area contributed by atoms with Crippen LogP contribution >= 0.6 is 0 Å². The third kappa shape index (κ3) is 4.47. The van der Waals surface area contributed by atoms with Gasteiger partial charge < -0.3 is 5.11 Å². The number of hydrogen-bond acceptors (Lipinski definition) is 3. The molecule has 0 saturated heterocycles. The summed E-state index contributed by atoms with van der Waals surface area (Å²) >= 11 is 0. The van der Waals surface area contributed by atoms with E-state index in [1.165, 1.54) is 0 Å². The molecule has 0 atom stereocenters. The Morgan fingerprint density at radius 2 is 1.86 bits per heavy atom. The van der Waals surface area contributed by atoms with Crippen LogP contribution in [-0.4, -0.2) is 25.8 Å². The summed E-state index contributed by atoms with van der Waals surface area (Å²) in [5, 5.41) is 14.0. The van der Waals surface area contributed by atoms with Crippen molar-refractivity contribution < 1.29 is 9.90 Å². The number of rotatable bonds is 6. The average molecular weight is 373 g/mol. The van der Waals surface area contributed by atoms with Gasteiger partial charge in [0.2, 0.25) is 5.82 Å². The van der Waals surface area contributed by atoms with E-state index in [9.17, 15) is 9.90 Å². The normalized spacial score (nSPS) is 10.4. The van der Waals surface area contributed by atoms with Crippen LogP contribution in [0, 0.1) is 11.8 Å². The summed E-state index contributed by atoms with van der Waals surface area (Å²) in [4.78, 5) is 16.0. The largest absolute Gasteiger partial charge is 0.478 e. The van der Waals surface area contributed by atoms with Gasteiger partial charge in [0.05, 0.1) is 12.1 Å². The number of carbonyl (C=O) groups is 1. The van der Waals surface area contributed by atoms with Gasteiger partial charge in [-0.05, 0) is 35.1 Å². The molecule has 1 N–H and O–H groups in total. The summed E-state index contributed by atoms with van der Waals surface area (Å²) in [7, 11) is 0. The van der Waals surface area contributed by atoms with Crippen molar-refractivity contribution in [2.75, 3.05) is 0 Å². The Balaban J connectivity index is 1.86. The van der Waals surface area contributed by atoms with Crippen molar-refractivity contribution in [1.29, 1.82) is 0 Å². The highest BCUT2D eigenvalue weighted by molar-refractivity contribution is 5.95. The number of aromatic nitrogens is 3. The molecule has 0 saturated carbocycles. The van der Waals surface area contributed by atoms with Crippen molar-refractivity contribution >= 4 is 5.97 Å². The zero-order chi connectivity index (χ0) is 19.9. The number of nitrogens with zero attached hydrogens (tertiary/aromatic N) is 3. The smallest absolute Gasteiger partial charge is 0.336 e. The van der Waals surface area contributed by atoms with Crippen molar-refractivity contribution in [3.8, 4) is 23.0 Å². The summed E-state index contributed by atoms with van der Waals surface area (Å²) < 4.78 is 1.84. The van der Waals surface area contributed by atoms with Crippen LogP contribution in [0.2, 0.25) is 0 Å². The van der Waals surface area contributed by atoms with Gasteiger partial charge >= 0.3 is 5.97 Å². The van der Waals surface area contributed by atoms with Crippen LogP contribution in [0.3, 0.4) is 0 Å². The maximum Gasteiger partial charge on any atom is 0.336 e. The Hall–Kier alpha value is -3.39. The number of hydrogen-bond donors (Lipinski definition) is 1. The van der Waals surface area contributed by atoms with Gasteiger partial charge in [-0.15, -0.1) is 0 Å². The van der Waals surface area contributed by atoms with Gasteiger partial charge in [-0.2, -0.15) is 5.10 Å². The van der Waals surface area contributed by atoms with Crippen molar-refractivity contribution in [2.24, 2.45) is 0 Å². The third-order valence-corrected chi connectivity index (χ3v) is 4.32. The molecule has 0 spiro atoms. The molecule has 0 aliphatic rings. The van der Waals surface area contributed by atoms with E-state index in [4.69, 9.17) is 0 Å². The zero-order valence-electron chi connectivity index (χ0n) is 16.1. The van der Waals surface area contributed by atoms with E-state index in [-0.39, 0.29) is 0 Å². The summed E-state index contributed by atoms with van der Waals surface area (Å²) in [6, 6.07) is 14.9. The molecule has 1 heterocycles. The fourth-order valence-corrected chi connectivity index (χ4v) is 2.97. The highest BCUT2D eigenvalue weighted by atomic mass is 16.4. The lowest BCUT2D eigenvalue weighted by atomic mass is 9.99. The minimum atomic E-state index is -0.926. The maximum atomic E-state index is 11.5. The van der Waals surface area contributed by atoms with Crippen molar-refractivity contribution in [3.63, 3.8) is 0 Å². The Morgan fingerprint density at radius 3 is 2.54 bits per heavy atom. The number of aromatic carboxylic acids is 1. The fraction of sp³-hybridized carbons (Fsp3) is 0.261. The topological polar surface area (TPSA) is 68.0 Å². The van der Waals surface area contributed by atoms with E-state index in [0.29, 0.717) is 23.5 Å².